The number of aromatic nitrogens is 2. The second-order valence-electron chi connectivity index (χ2n) is 4.77. The highest BCUT2D eigenvalue weighted by Crippen LogP contribution is 2.23. The van der Waals surface area contributed by atoms with Gasteiger partial charge in [-0.3, -0.25) is 4.79 Å². The molecule has 0 fully saturated rings. The predicted molar refractivity (Wildman–Crippen MR) is 71.9 cm³/mol. The summed E-state index contributed by atoms with van der Waals surface area (Å²) in [5.41, 5.74) is 2.67. The number of aliphatic hydroxyl groups is 1. The Hall–Kier alpha value is -1.88. The van der Waals surface area contributed by atoms with Crippen LogP contribution in [0.15, 0.2) is 18.2 Å². The van der Waals surface area contributed by atoms with E-state index < -0.39 is 12.1 Å². The topological polar surface area (TPSA) is 75.3 Å². The van der Waals surface area contributed by atoms with Gasteiger partial charge in [0.25, 0.3) is 0 Å². The van der Waals surface area contributed by atoms with E-state index in [2.05, 4.69) is 4.98 Å². The molecule has 0 saturated carbocycles. The van der Waals surface area contributed by atoms with Crippen molar-refractivity contribution in [2.45, 2.75) is 32.3 Å². The highest BCUT2D eigenvalue weighted by molar-refractivity contribution is 5.76. The van der Waals surface area contributed by atoms with Gasteiger partial charge in [-0.25, -0.2) is 4.98 Å². The van der Waals surface area contributed by atoms with Gasteiger partial charge in [-0.05, 0) is 37.5 Å². The van der Waals surface area contributed by atoms with Crippen molar-refractivity contribution in [2.75, 3.05) is 0 Å². The monoisotopic (exact) mass is 262 g/mol. The fraction of sp³-hybridized carbons (Fsp3) is 0.429. The van der Waals surface area contributed by atoms with Gasteiger partial charge in [0.05, 0.1) is 17.1 Å². The summed E-state index contributed by atoms with van der Waals surface area (Å²) in [5, 5.41) is 18.6. The predicted octanol–water partition coefficient (Wildman–Crippen LogP) is 2.17. The number of carboxylic acid groups (broad SMARTS) is 1. The summed E-state index contributed by atoms with van der Waals surface area (Å²) in [6.45, 7) is 1.93. The Balaban J connectivity index is 2.14. The molecule has 2 rings (SSSR count). The van der Waals surface area contributed by atoms with Crippen molar-refractivity contribution >= 4 is 17.0 Å². The van der Waals surface area contributed by atoms with Crippen molar-refractivity contribution in [1.29, 1.82) is 0 Å². The molecule has 0 saturated heterocycles. The lowest BCUT2D eigenvalue weighted by Gasteiger charge is -2.10. The second kappa shape index (κ2) is 5.40. The molecule has 1 aromatic heterocycles. The lowest BCUT2D eigenvalue weighted by atomic mass is 10.0. The number of aryl methyl sites for hydroxylation is 2. The number of nitrogens with zero attached hydrogens (tertiary/aromatic N) is 2. The average Bonchev–Trinajstić information content (AvgIpc) is 2.64. The van der Waals surface area contributed by atoms with Gasteiger partial charge in [-0.15, -0.1) is 0 Å². The molecule has 0 spiro atoms. The van der Waals surface area contributed by atoms with E-state index in [1.807, 2.05) is 36.7 Å². The zero-order chi connectivity index (χ0) is 14.0. The lowest BCUT2D eigenvalue weighted by Crippen LogP contribution is -2.00. The summed E-state index contributed by atoms with van der Waals surface area (Å²) in [6, 6.07) is 5.67. The molecule has 5 heteroatoms. The van der Waals surface area contributed by atoms with E-state index in [4.69, 9.17) is 5.11 Å². The van der Waals surface area contributed by atoms with Crippen LogP contribution in [0.2, 0.25) is 0 Å². The molecule has 0 aliphatic rings. The van der Waals surface area contributed by atoms with Crippen LogP contribution in [0.3, 0.4) is 0 Å². The van der Waals surface area contributed by atoms with Crippen LogP contribution in [-0.2, 0) is 11.8 Å². The summed E-state index contributed by atoms with van der Waals surface area (Å²) in [5.74, 6) is 0.0931. The average molecular weight is 262 g/mol. The highest BCUT2D eigenvalue weighted by Gasteiger charge is 2.11. The third-order valence-corrected chi connectivity index (χ3v) is 3.38. The van der Waals surface area contributed by atoms with Gasteiger partial charge in [-0.1, -0.05) is 6.07 Å². The normalized spacial score (nSPS) is 12.8. The van der Waals surface area contributed by atoms with Crippen molar-refractivity contribution in [3.8, 4) is 0 Å². The van der Waals surface area contributed by atoms with Crippen LogP contribution in [0.1, 0.15) is 36.8 Å². The Bertz CT molecular complexity index is 604. The van der Waals surface area contributed by atoms with Crippen molar-refractivity contribution in [3.63, 3.8) is 0 Å². The fourth-order valence-corrected chi connectivity index (χ4v) is 2.16. The molecule has 1 unspecified atom stereocenters. The first-order valence-corrected chi connectivity index (χ1v) is 6.32. The van der Waals surface area contributed by atoms with Crippen molar-refractivity contribution in [1.82, 2.24) is 9.55 Å². The summed E-state index contributed by atoms with van der Waals surface area (Å²) in [6.07, 6.45) is 0.368. The third-order valence-electron chi connectivity index (χ3n) is 3.38. The summed E-state index contributed by atoms with van der Waals surface area (Å²) in [7, 11) is 1.95. The van der Waals surface area contributed by atoms with E-state index in [0.29, 0.717) is 12.8 Å². The zero-order valence-corrected chi connectivity index (χ0v) is 11.1. The Kier molecular flexibility index (Phi) is 3.85. The molecular formula is C14H18N2O3. The molecule has 2 aromatic rings. The van der Waals surface area contributed by atoms with Gasteiger partial charge < -0.3 is 14.8 Å². The van der Waals surface area contributed by atoms with Gasteiger partial charge in [-0.2, -0.15) is 0 Å². The highest BCUT2D eigenvalue weighted by atomic mass is 16.4. The first-order valence-electron chi connectivity index (χ1n) is 6.32. The molecule has 0 bridgehead atoms. The van der Waals surface area contributed by atoms with Gasteiger partial charge in [0.15, 0.2) is 0 Å². The SMILES string of the molecule is Cc1nc2cc(C(O)CCCC(=O)O)ccc2n1C. The van der Waals surface area contributed by atoms with Crippen LogP contribution in [-0.4, -0.2) is 25.7 Å². The smallest absolute Gasteiger partial charge is 0.303 e. The standard InChI is InChI=1S/C14H18N2O3/c1-9-15-11-8-10(6-7-12(11)16(9)2)13(17)4-3-5-14(18)19/h6-8,13,17H,3-5H2,1-2H3,(H,18,19). The molecule has 2 N–H and O–H groups in total. The minimum absolute atomic E-state index is 0.0853. The van der Waals surface area contributed by atoms with E-state index in [9.17, 15) is 9.90 Å². The number of fused-ring (bicyclic) bond motifs is 1. The molecule has 1 heterocycles. The fourth-order valence-electron chi connectivity index (χ4n) is 2.16. The molecule has 1 atom stereocenters. The molecule has 102 valence electrons. The number of carbonyl (C=O) groups is 1. The number of benzene rings is 1. The first-order chi connectivity index (χ1) is 8.99. The zero-order valence-electron chi connectivity index (χ0n) is 11.1. The number of carboxylic acids is 1. The molecular weight excluding hydrogens is 244 g/mol. The van der Waals surface area contributed by atoms with E-state index in [1.54, 1.807) is 0 Å². The molecule has 0 amide bonds. The molecule has 19 heavy (non-hydrogen) atoms. The maximum absolute atomic E-state index is 10.4. The molecule has 0 radical (unpaired) electrons. The van der Waals surface area contributed by atoms with E-state index in [1.165, 1.54) is 0 Å². The van der Waals surface area contributed by atoms with Crippen molar-refractivity contribution in [2.24, 2.45) is 7.05 Å². The van der Waals surface area contributed by atoms with Crippen LogP contribution >= 0.6 is 0 Å². The van der Waals surface area contributed by atoms with E-state index >= 15 is 0 Å². The van der Waals surface area contributed by atoms with Gasteiger partial charge in [0.2, 0.25) is 0 Å². The second-order valence-corrected chi connectivity index (χ2v) is 4.77. The minimum atomic E-state index is -0.831. The Morgan fingerprint density at radius 2 is 2.21 bits per heavy atom. The Morgan fingerprint density at radius 3 is 2.89 bits per heavy atom. The van der Waals surface area contributed by atoms with E-state index in [0.717, 1.165) is 22.4 Å². The van der Waals surface area contributed by atoms with E-state index in [-0.39, 0.29) is 6.42 Å². The first kappa shape index (κ1) is 13.5. The number of hydrogen-bond donors (Lipinski definition) is 2. The van der Waals surface area contributed by atoms with Gasteiger partial charge in [0, 0.05) is 13.5 Å². The number of aliphatic carboxylic acids is 1. The van der Waals surface area contributed by atoms with Crippen molar-refractivity contribution < 1.29 is 15.0 Å². The molecule has 1 aromatic carbocycles. The number of hydrogen-bond acceptors (Lipinski definition) is 3. The summed E-state index contributed by atoms with van der Waals surface area (Å²) >= 11 is 0. The van der Waals surface area contributed by atoms with Crippen LogP contribution < -0.4 is 0 Å². The Labute approximate surface area is 111 Å². The van der Waals surface area contributed by atoms with Crippen LogP contribution in [0.25, 0.3) is 11.0 Å². The van der Waals surface area contributed by atoms with Crippen LogP contribution in [0.5, 0.6) is 0 Å². The maximum Gasteiger partial charge on any atom is 0.303 e. The summed E-state index contributed by atoms with van der Waals surface area (Å²) in [4.78, 5) is 14.9. The van der Waals surface area contributed by atoms with Crippen LogP contribution in [0.4, 0.5) is 0 Å². The van der Waals surface area contributed by atoms with Crippen molar-refractivity contribution in [3.05, 3.63) is 29.6 Å². The Morgan fingerprint density at radius 1 is 1.47 bits per heavy atom. The number of imidazole rings is 1. The minimum Gasteiger partial charge on any atom is -0.481 e. The lowest BCUT2D eigenvalue weighted by molar-refractivity contribution is -0.137. The van der Waals surface area contributed by atoms with Gasteiger partial charge >= 0.3 is 5.97 Å². The quantitative estimate of drug-likeness (QED) is 0.866. The molecule has 0 aliphatic heterocycles. The number of rotatable bonds is 5. The summed E-state index contributed by atoms with van der Waals surface area (Å²) < 4.78 is 2.00. The third kappa shape index (κ3) is 2.93. The largest absolute Gasteiger partial charge is 0.481 e. The number of aliphatic hydroxyl groups excluding tert-OH is 1. The van der Waals surface area contributed by atoms with Gasteiger partial charge in [0.1, 0.15) is 5.82 Å². The molecule has 5 nitrogen and oxygen atoms in total. The molecule has 0 aliphatic carbocycles. The maximum atomic E-state index is 10.4. The van der Waals surface area contributed by atoms with Crippen LogP contribution in [0, 0.1) is 6.92 Å².